The first-order valence-electron chi connectivity index (χ1n) is 4.44. The lowest BCUT2D eigenvalue weighted by Crippen LogP contribution is -1.95. The van der Waals surface area contributed by atoms with E-state index in [9.17, 15) is 4.79 Å². The van der Waals surface area contributed by atoms with Gasteiger partial charge >= 0.3 is 0 Å². The summed E-state index contributed by atoms with van der Waals surface area (Å²) in [5.74, 6) is 0.414. The molecule has 1 heteroatoms. The van der Waals surface area contributed by atoms with Crippen LogP contribution in [0, 0.1) is 0 Å². The lowest BCUT2D eigenvalue weighted by Gasteiger charge is -1.95. The van der Waals surface area contributed by atoms with Crippen molar-refractivity contribution in [3.63, 3.8) is 0 Å². The van der Waals surface area contributed by atoms with Crippen LogP contribution in [0.15, 0.2) is 12.2 Å². The minimum Gasteiger partial charge on any atom is -0.300 e. The smallest absolute Gasteiger partial charge is 0.132 e. The summed E-state index contributed by atoms with van der Waals surface area (Å²) in [5, 5.41) is 0. The third-order valence-corrected chi connectivity index (χ3v) is 1.59. The Hall–Kier alpha value is -0.590. The summed E-state index contributed by atoms with van der Waals surface area (Å²) in [6, 6.07) is 0. The van der Waals surface area contributed by atoms with Crippen LogP contribution in [0.3, 0.4) is 0 Å². The molecule has 1 nitrogen and oxygen atoms in total. The summed E-state index contributed by atoms with van der Waals surface area (Å²) in [6.07, 6.45) is 8.72. The van der Waals surface area contributed by atoms with Gasteiger partial charge in [0.15, 0.2) is 0 Å². The fourth-order valence-corrected chi connectivity index (χ4v) is 0.988. The van der Waals surface area contributed by atoms with Crippen LogP contribution < -0.4 is 0 Å². The molecule has 0 atom stereocenters. The third kappa shape index (κ3) is 7.31. The normalized spacial score (nSPS) is 10.7. The number of allylic oxidation sites excluding steroid dienone is 2. The minimum absolute atomic E-state index is 0.414. The average Bonchev–Trinajstić information content (AvgIpc) is 1.99. The summed E-state index contributed by atoms with van der Waals surface area (Å²) in [7, 11) is 0. The van der Waals surface area contributed by atoms with Gasteiger partial charge < -0.3 is 0 Å². The molecule has 0 aromatic rings. The topological polar surface area (TPSA) is 17.1 Å². The molecule has 0 rings (SSSR count). The van der Waals surface area contributed by atoms with Gasteiger partial charge in [-0.05, 0) is 26.2 Å². The van der Waals surface area contributed by atoms with Gasteiger partial charge in [-0.1, -0.05) is 19.1 Å². The van der Waals surface area contributed by atoms with Crippen molar-refractivity contribution in [2.24, 2.45) is 0 Å². The molecule has 0 spiro atoms. The highest BCUT2D eigenvalue weighted by Gasteiger charge is 1.97. The largest absolute Gasteiger partial charge is 0.300 e. The first-order chi connectivity index (χ1) is 5.31. The van der Waals surface area contributed by atoms with E-state index in [0.29, 0.717) is 5.78 Å². The van der Waals surface area contributed by atoms with Crippen molar-refractivity contribution >= 4 is 5.78 Å². The number of unbranched alkanes of at least 4 members (excludes halogenated alkanes) is 1. The van der Waals surface area contributed by atoms with Crippen molar-refractivity contribution in [2.75, 3.05) is 0 Å². The molecular formula is C10H18O. The molecule has 0 saturated carbocycles. The third-order valence-electron chi connectivity index (χ3n) is 1.59. The van der Waals surface area contributed by atoms with Gasteiger partial charge in [0.25, 0.3) is 0 Å². The first-order valence-corrected chi connectivity index (χ1v) is 4.44. The zero-order valence-corrected chi connectivity index (χ0v) is 7.60. The lowest BCUT2D eigenvalue weighted by molar-refractivity contribution is -0.119. The monoisotopic (exact) mass is 154 g/mol. The molecule has 0 heterocycles. The van der Waals surface area contributed by atoms with Crippen LogP contribution in [0.4, 0.5) is 0 Å². The van der Waals surface area contributed by atoms with E-state index in [1.807, 2.05) is 19.9 Å². The number of carbonyl (C=O) groups is 1. The van der Waals surface area contributed by atoms with Crippen LogP contribution in [-0.2, 0) is 4.79 Å². The highest BCUT2D eigenvalue weighted by atomic mass is 16.1. The molecule has 0 bridgehead atoms. The van der Waals surface area contributed by atoms with Gasteiger partial charge in [0, 0.05) is 12.8 Å². The standard InChI is InChI=1S/C10H18O/c1-3-5-6-7-9-10(11)8-4-2/h3,5H,4,6-9H2,1-2H3/b5-3+. The Kier molecular flexibility index (Phi) is 7.11. The van der Waals surface area contributed by atoms with E-state index in [2.05, 4.69) is 6.08 Å². The van der Waals surface area contributed by atoms with E-state index < -0.39 is 0 Å². The molecule has 11 heavy (non-hydrogen) atoms. The molecule has 0 saturated heterocycles. The first kappa shape index (κ1) is 10.4. The van der Waals surface area contributed by atoms with Gasteiger partial charge in [-0.3, -0.25) is 4.79 Å². The quantitative estimate of drug-likeness (QED) is 0.424. The van der Waals surface area contributed by atoms with Crippen LogP contribution >= 0.6 is 0 Å². The maximum absolute atomic E-state index is 11.0. The highest BCUT2D eigenvalue weighted by Crippen LogP contribution is 2.01. The predicted molar refractivity (Wildman–Crippen MR) is 48.6 cm³/mol. The van der Waals surface area contributed by atoms with Crippen molar-refractivity contribution in [3.05, 3.63) is 12.2 Å². The number of Topliss-reactive ketones (excluding diaryl/α,β-unsaturated/α-hetero) is 1. The van der Waals surface area contributed by atoms with Crippen LogP contribution in [0.5, 0.6) is 0 Å². The van der Waals surface area contributed by atoms with Crippen molar-refractivity contribution in [3.8, 4) is 0 Å². The SMILES string of the molecule is C/C=C/CCCC(=O)CCC. The van der Waals surface area contributed by atoms with E-state index in [-0.39, 0.29) is 0 Å². The Labute approximate surface area is 69.5 Å². The molecule has 0 aromatic heterocycles. The molecule has 0 amide bonds. The molecule has 64 valence electrons. The molecular weight excluding hydrogens is 136 g/mol. The van der Waals surface area contributed by atoms with Crippen LogP contribution in [-0.4, -0.2) is 5.78 Å². The lowest BCUT2D eigenvalue weighted by atomic mass is 10.1. The molecule has 0 aliphatic heterocycles. The fraction of sp³-hybridized carbons (Fsp3) is 0.700. The second-order valence-corrected chi connectivity index (χ2v) is 2.75. The maximum atomic E-state index is 11.0. The van der Waals surface area contributed by atoms with Crippen LogP contribution in [0.25, 0.3) is 0 Å². The summed E-state index contributed by atoms with van der Waals surface area (Å²) in [4.78, 5) is 11.0. The van der Waals surface area contributed by atoms with Crippen molar-refractivity contribution in [2.45, 2.75) is 46.0 Å². The Balaban J connectivity index is 3.17. The van der Waals surface area contributed by atoms with Crippen molar-refractivity contribution in [1.29, 1.82) is 0 Å². The average molecular weight is 154 g/mol. The van der Waals surface area contributed by atoms with E-state index >= 15 is 0 Å². The predicted octanol–water partition coefficient (Wildman–Crippen LogP) is 3.10. The second kappa shape index (κ2) is 7.52. The number of hydrogen-bond donors (Lipinski definition) is 0. The molecule has 0 aliphatic carbocycles. The number of carbonyl (C=O) groups excluding carboxylic acids is 1. The van der Waals surface area contributed by atoms with Gasteiger partial charge in [-0.25, -0.2) is 0 Å². The van der Waals surface area contributed by atoms with Crippen molar-refractivity contribution in [1.82, 2.24) is 0 Å². The highest BCUT2D eigenvalue weighted by molar-refractivity contribution is 5.78. The van der Waals surface area contributed by atoms with E-state index in [1.165, 1.54) is 0 Å². The Morgan fingerprint density at radius 3 is 2.64 bits per heavy atom. The summed E-state index contributed by atoms with van der Waals surface area (Å²) in [6.45, 7) is 4.05. The summed E-state index contributed by atoms with van der Waals surface area (Å²) < 4.78 is 0. The van der Waals surface area contributed by atoms with Crippen molar-refractivity contribution < 1.29 is 4.79 Å². The molecule has 0 unspecified atom stereocenters. The molecule has 0 aromatic carbocycles. The Bertz CT molecular complexity index is 125. The zero-order valence-electron chi connectivity index (χ0n) is 7.60. The number of ketones is 1. The molecule has 0 radical (unpaired) electrons. The molecule has 0 aliphatic rings. The van der Waals surface area contributed by atoms with Gasteiger partial charge in [-0.2, -0.15) is 0 Å². The van der Waals surface area contributed by atoms with Gasteiger partial charge in [-0.15, -0.1) is 0 Å². The Morgan fingerprint density at radius 1 is 1.36 bits per heavy atom. The van der Waals surface area contributed by atoms with Gasteiger partial charge in [0.2, 0.25) is 0 Å². The fourth-order valence-electron chi connectivity index (χ4n) is 0.988. The molecule has 0 fully saturated rings. The van der Waals surface area contributed by atoms with Crippen LogP contribution in [0.2, 0.25) is 0 Å². The van der Waals surface area contributed by atoms with E-state index in [4.69, 9.17) is 0 Å². The van der Waals surface area contributed by atoms with Gasteiger partial charge in [0.05, 0.1) is 0 Å². The van der Waals surface area contributed by atoms with Gasteiger partial charge in [0.1, 0.15) is 5.78 Å². The second-order valence-electron chi connectivity index (χ2n) is 2.75. The number of hydrogen-bond acceptors (Lipinski definition) is 1. The number of rotatable bonds is 6. The molecule has 0 N–H and O–H groups in total. The maximum Gasteiger partial charge on any atom is 0.132 e. The van der Waals surface area contributed by atoms with Crippen LogP contribution in [0.1, 0.15) is 46.0 Å². The van der Waals surface area contributed by atoms with E-state index in [0.717, 1.165) is 32.1 Å². The Morgan fingerprint density at radius 2 is 2.09 bits per heavy atom. The minimum atomic E-state index is 0.414. The summed E-state index contributed by atoms with van der Waals surface area (Å²) >= 11 is 0. The van der Waals surface area contributed by atoms with E-state index in [1.54, 1.807) is 0 Å². The zero-order chi connectivity index (χ0) is 8.53. The summed E-state index contributed by atoms with van der Waals surface area (Å²) in [5.41, 5.74) is 0.